The van der Waals surface area contributed by atoms with Gasteiger partial charge in [0.05, 0.1) is 12.3 Å². The number of hydrogen-bond acceptors (Lipinski definition) is 4. The summed E-state index contributed by atoms with van der Waals surface area (Å²) in [5, 5.41) is 0. The molecule has 1 fully saturated rings. The topological polar surface area (TPSA) is 59.1 Å². The van der Waals surface area contributed by atoms with E-state index in [1.165, 1.54) is 4.90 Å². The summed E-state index contributed by atoms with van der Waals surface area (Å²) in [5.41, 5.74) is 2.17. The lowest BCUT2D eigenvalue weighted by Gasteiger charge is -2.26. The smallest absolute Gasteiger partial charge is 0.265 e. The van der Waals surface area contributed by atoms with Crippen molar-refractivity contribution < 1.29 is 19.1 Å². The summed E-state index contributed by atoms with van der Waals surface area (Å²) in [7, 11) is 0. The predicted molar refractivity (Wildman–Crippen MR) is 124 cm³/mol. The zero-order valence-corrected chi connectivity index (χ0v) is 18.6. The van der Waals surface area contributed by atoms with Gasteiger partial charge in [0.15, 0.2) is 0 Å². The van der Waals surface area contributed by atoms with Crippen LogP contribution in [0.1, 0.15) is 47.1 Å². The third-order valence-electron chi connectivity index (χ3n) is 5.31. The number of benzene rings is 3. The molecule has 5 heteroatoms. The van der Waals surface area contributed by atoms with Gasteiger partial charge in [-0.3, -0.25) is 9.59 Å². The normalized spacial score (nSPS) is 15.2. The van der Waals surface area contributed by atoms with E-state index in [-0.39, 0.29) is 23.3 Å². The van der Waals surface area contributed by atoms with Crippen LogP contribution in [0.4, 0.5) is 5.69 Å². The van der Waals surface area contributed by atoms with Crippen LogP contribution in [0.15, 0.2) is 78.9 Å². The van der Waals surface area contributed by atoms with Crippen LogP contribution in [0.5, 0.6) is 5.75 Å². The van der Waals surface area contributed by atoms with Crippen LogP contribution in [-0.4, -0.2) is 31.1 Å². The summed E-state index contributed by atoms with van der Waals surface area (Å²) in [6.45, 7) is 7.43. The molecule has 164 valence electrons. The summed E-state index contributed by atoms with van der Waals surface area (Å²) < 4.78 is 11.4. The number of anilines is 1. The molecule has 5 nitrogen and oxygen atoms in total. The Balaban J connectivity index is 1.78. The predicted octanol–water partition coefficient (Wildman–Crippen LogP) is 5.25. The van der Waals surface area contributed by atoms with Gasteiger partial charge in [0, 0.05) is 17.2 Å². The van der Waals surface area contributed by atoms with Crippen molar-refractivity contribution in [3.63, 3.8) is 0 Å². The summed E-state index contributed by atoms with van der Waals surface area (Å²) in [6.07, 6.45) is 0.0967. The van der Waals surface area contributed by atoms with E-state index in [9.17, 15) is 9.59 Å². The van der Waals surface area contributed by atoms with Crippen molar-refractivity contribution in [3.8, 4) is 5.75 Å². The Labute approximate surface area is 188 Å². The van der Waals surface area contributed by atoms with Crippen LogP contribution in [0, 0.1) is 0 Å². The Kier molecular flexibility index (Phi) is 6.10. The molecule has 0 radical (unpaired) electrons. The molecule has 1 unspecified atom stereocenters. The van der Waals surface area contributed by atoms with Crippen molar-refractivity contribution in [1.29, 1.82) is 0 Å². The average molecular weight is 430 g/mol. The van der Waals surface area contributed by atoms with E-state index in [1.807, 2.05) is 24.3 Å². The van der Waals surface area contributed by atoms with Crippen molar-refractivity contribution >= 4 is 17.5 Å². The molecule has 1 aliphatic rings. The number of carbonyl (C=O) groups excluding carboxylic acids is 2. The fraction of sp³-hybridized carbons (Fsp3) is 0.259. The standard InChI is InChI=1S/C27H27NO4/c1-27(2,3)23-15-14-21(16-24(23)32-18-22-17-31-22)28(25(29)19-10-6-4-7-11-19)26(30)20-12-8-5-9-13-20/h4-16,22H,17-18H2,1-3H3. The van der Waals surface area contributed by atoms with Gasteiger partial charge in [0.1, 0.15) is 18.5 Å². The fourth-order valence-electron chi connectivity index (χ4n) is 3.48. The Morgan fingerprint density at radius 2 is 1.44 bits per heavy atom. The van der Waals surface area contributed by atoms with E-state index in [4.69, 9.17) is 9.47 Å². The molecule has 0 aromatic heterocycles. The van der Waals surface area contributed by atoms with E-state index in [0.29, 0.717) is 35.8 Å². The third-order valence-corrected chi connectivity index (χ3v) is 5.31. The first-order valence-electron chi connectivity index (χ1n) is 10.7. The lowest BCUT2D eigenvalue weighted by molar-refractivity contribution is 0.0897. The van der Waals surface area contributed by atoms with Crippen LogP contribution >= 0.6 is 0 Å². The monoisotopic (exact) mass is 429 g/mol. The van der Waals surface area contributed by atoms with Gasteiger partial charge in [0.25, 0.3) is 11.8 Å². The van der Waals surface area contributed by atoms with Gasteiger partial charge < -0.3 is 9.47 Å². The molecule has 0 N–H and O–H groups in total. The average Bonchev–Trinajstić information content (AvgIpc) is 3.63. The molecular formula is C27H27NO4. The van der Waals surface area contributed by atoms with Gasteiger partial charge >= 0.3 is 0 Å². The summed E-state index contributed by atoms with van der Waals surface area (Å²) >= 11 is 0. The highest BCUT2D eigenvalue weighted by atomic mass is 16.6. The molecule has 1 aliphatic heterocycles. The summed E-state index contributed by atoms with van der Waals surface area (Å²) in [4.78, 5) is 28.2. The van der Waals surface area contributed by atoms with Gasteiger partial charge in [-0.25, -0.2) is 4.90 Å². The number of carbonyl (C=O) groups is 2. The maximum atomic E-state index is 13.5. The number of rotatable bonds is 6. The maximum absolute atomic E-state index is 13.5. The molecule has 3 aromatic rings. The number of ether oxygens (including phenoxy) is 2. The molecule has 0 saturated carbocycles. The zero-order chi connectivity index (χ0) is 22.7. The molecule has 1 heterocycles. The summed E-state index contributed by atoms with van der Waals surface area (Å²) in [6, 6.07) is 23.2. The second-order valence-electron chi connectivity index (χ2n) is 8.87. The minimum atomic E-state index is -0.389. The largest absolute Gasteiger partial charge is 0.490 e. The maximum Gasteiger partial charge on any atom is 0.265 e. The minimum Gasteiger partial charge on any atom is -0.490 e. The Bertz CT molecular complexity index is 1050. The lowest BCUT2D eigenvalue weighted by atomic mass is 9.86. The first kappa shape index (κ1) is 21.8. The van der Waals surface area contributed by atoms with Crippen molar-refractivity contribution in [2.45, 2.75) is 32.3 Å². The molecule has 0 aliphatic carbocycles. The Morgan fingerprint density at radius 3 is 1.91 bits per heavy atom. The number of hydrogen-bond donors (Lipinski definition) is 0. The van der Waals surface area contributed by atoms with E-state index >= 15 is 0 Å². The number of imide groups is 1. The fourth-order valence-corrected chi connectivity index (χ4v) is 3.48. The van der Waals surface area contributed by atoms with Crippen molar-refractivity contribution in [2.75, 3.05) is 18.1 Å². The van der Waals surface area contributed by atoms with Gasteiger partial charge in [-0.2, -0.15) is 0 Å². The van der Waals surface area contributed by atoms with Crippen LogP contribution in [0.3, 0.4) is 0 Å². The van der Waals surface area contributed by atoms with Gasteiger partial charge in [-0.15, -0.1) is 0 Å². The Morgan fingerprint density at radius 1 is 0.906 bits per heavy atom. The van der Waals surface area contributed by atoms with Crippen LogP contribution in [0.25, 0.3) is 0 Å². The van der Waals surface area contributed by atoms with Gasteiger partial charge in [-0.1, -0.05) is 63.2 Å². The molecule has 0 spiro atoms. The minimum absolute atomic E-state index is 0.0967. The molecular weight excluding hydrogens is 402 g/mol. The molecule has 0 bridgehead atoms. The van der Waals surface area contributed by atoms with Crippen LogP contribution in [0.2, 0.25) is 0 Å². The second kappa shape index (κ2) is 8.97. The highest BCUT2D eigenvalue weighted by Crippen LogP contribution is 2.36. The van der Waals surface area contributed by atoms with E-state index in [0.717, 1.165) is 5.56 Å². The highest BCUT2D eigenvalue weighted by molar-refractivity contribution is 6.25. The van der Waals surface area contributed by atoms with Crippen molar-refractivity contribution in [1.82, 2.24) is 0 Å². The van der Waals surface area contributed by atoms with Crippen molar-refractivity contribution in [3.05, 3.63) is 95.6 Å². The quantitative estimate of drug-likeness (QED) is 0.397. The second-order valence-corrected chi connectivity index (χ2v) is 8.87. The zero-order valence-electron chi connectivity index (χ0n) is 18.6. The molecule has 32 heavy (non-hydrogen) atoms. The first-order chi connectivity index (χ1) is 15.3. The Hall–Kier alpha value is -3.44. The number of epoxide rings is 1. The number of nitrogens with zero attached hydrogens (tertiary/aromatic N) is 1. The molecule has 1 atom stereocenters. The van der Waals surface area contributed by atoms with E-state index in [2.05, 4.69) is 20.8 Å². The highest BCUT2D eigenvalue weighted by Gasteiger charge is 2.29. The van der Waals surface area contributed by atoms with Crippen LogP contribution < -0.4 is 9.64 Å². The number of amides is 2. The molecule has 4 rings (SSSR count). The van der Waals surface area contributed by atoms with E-state index in [1.54, 1.807) is 54.6 Å². The van der Waals surface area contributed by atoms with Gasteiger partial charge in [0.2, 0.25) is 0 Å². The lowest BCUT2D eigenvalue weighted by Crippen LogP contribution is -2.37. The SMILES string of the molecule is CC(C)(C)c1ccc(N(C(=O)c2ccccc2)C(=O)c2ccccc2)cc1OCC1CO1. The van der Waals surface area contributed by atoms with Crippen molar-refractivity contribution in [2.24, 2.45) is 0 Å². The van der Waals surface area contributed by atoms with Crippen LogP contribution in [-0.2, 0) is 10.2 Å². The first-order valence-corrected chi connectivity index (χ1v) is 10.7. The third kappa shape index (κ3) is 4.89. The molecule has 1 saturated heterocycles. The molecule has 3 aromatic carbocycles. The molecule has 2 amide bonds. The van der Waals surface area contributed by atoms with Gasteiger partial charge in [-0.05, 0) is 41.3 Å². The van der Waals surface area contributed by atoms with E-state index < -0.39 is 0 Å². The summed E-state index contributed by atoms with van der Waals surface area (Å²) in [5.74, 6) is -0.129.